The van der Waals surface area contributed by atoms with E-state index in [1.54, 1.807) is 0 Å². The van der Waals surface area contributed by atoms with Gasteiger partial charge in [-0.15, -0.1) is 0 Å². The fourth-order valence-electron chi connectivity index (χ4n) is 1.57. The zero-order chi connectivity index (χ0) is 13.6. The van der Waals surface area contributed by atoms with E-state index in [-0.39, 0.29) is 35.9 Å². The van der Waals surface area contributed by atoms with Crippen LogP contribution in [0.2, 0.25) is 0 Å². The summed E-state index contributed by atoms with van der Waals surface area (Å²) in [6.07, 6.45) is 0.556. The third-order valence-corrected chi connectivity index (χ3v) is 2.58. The molecule has 0 aromatic rings. The molecular weight excluding hydrogens is 218 g/mol. The summed E-state index contributed by atoms with van der Waals surface area (Å²) in [5.74, 6) is -0.249. The van der Waals surface area contributed by atoms with Crippen LogP contribution in [0.5, 0.6) is 0 Å². The Hall–Kier alpha value is -1.10. The lowest BCUT2D eigenvalue weighted by molar-refractivity contribution is -0.125. The Labute approximate surface area is 104 Å². The summed E-state index contributed by atoms with van der Waals surface area (Å²) in [5, 5.41) is 5.58. The highest BCUT2D eigenvalue weighted by Crippen LogP contribution is 2.08. The molecular formula is C12H25N3O2. The quantitative estimate of drug-likeness (QED) is 0.631. The van der Waals surface area contributed by atoms with E-state index in [9.17, 15) is 9.59 Å². The first-order valence-corrected chi connectivity index (χ1v) is 6.07. The fraction of sp³-hybridized carbons (Fsp3) is 0.833. The first-order chi connectivity index (χ1) is 7.73. The largest absolute Gasteiger partial charge is 0.354 e. The molecule has 0 unspecified atom stereocenters. The molecule has 5 nitrogen and oxygen atoms in total. The van der Waals surface area contributed by atoms with Crippen LogP contribution >= 0.6 is 0 Å². The Bertz CT molecular complexity index is 266. The number of carbonyl (C=O) groups is 2. The van der Waals surface area contributed by atoms with Gasteiger partial charge in [0.05, 0.1) is 0 Å². The van der Waals surface area contributed by atoms with Gasteiger partial charge >= 0.3 is 0 Å². The van der Waals surface area contributed by atoms with Gasteiger partial charge in [0, 0.05) is 31.0 Å². The molecule has 17 heavy (non-hydrogen) atoms. The van der Waals surface area contributed by atoms with Crippen LogP contribution in [0.3, 0.4) is 0 Å². The fourth-order valence-corrected chi connectivity index (χ4v) is 1.57. The molecule has 5 heteroatoms. The second kappa shape index (κ2) is 7.27. The first-order valence-electron chi connectivity index (χ1n) is 6.07. The molecule has 0 rings (SSSR count). The van der Waals surface area contributed by atoms with Crippen LogP contribution < -0.4 is 16.4 Å². The average Bonchev–Trinajstić information content (AvgIpc) is 2.15. The Morgan fingerprint density at radius 1 is 1.12 bits per heavy atom. The van der Waals surface area contributed by atoms with Gasteiger partial charge in [-0.1, -0.05) is 6.92 Å². The van der Waals surface area contributed by atoms with Crippen LogP contribution in [-0.2, 0) is 9.59 Å². The molecule has 0 saturated heterocycles. The summed E-state index contributed by atoms with van der Waals surface area (Å²) in [6, 6.07) is -0.206. The average molecular weight is 243 g/mol. The molecule has 4 N–H and O–H groups in total. The summed E-state index contributed by atoms with van der Waals surface area (Å²) < 4.78 is 0. The van der Waals surface area contributed by atoms with E-state index in [0.717, 1.165) is 0 Å². The normalized spacial score (nSPS) is 16.2. The van der Waals surface area contributed by atoms with Gasteiger partial charge in [-0.25, -0.2) is 0 Å². The number of nitrogens with two attached hydrogens (primary N) is 1. The topological polar surface area (TPSA) is 84.2 Å². The number of hydrogen-bond acceptors (Lipinski definition) is 3. The molecule has 2 amide bonds. The molecule has 3 atom stereocenters. The van der Waals surface area contributed by atoms with Crippen molar-refractivity contribution in [3.05, 3.63) is 0 Å². The molecule has 0 fully saturated rings. The molecule has 0 aliphatic heterocycles. The smallest absolute Gasteiger partial charge is 0.223 e. The molecule has 0 aliphatic carbocycles. The minimum atomic E-state index is -0.216. The highest BCUT2D eigenvalue weighted by atomic mass is 16.2. The van der Waals surface area contributed by atoms with Crippen LogP contribution in [0.1, 0.15) is 41.0 Å². The zero-order valence-electron chi connectivity index (χ0n) is 11.4. The first kappa shape index (κ1) is 15.9. The summed E-state index contributed by atoms with van der Waals surface area (Å²) >= 11 is 0. The van der Waals surface area contributed by atoms with Crippen LogP contribution in [0.15, 0.2) is 0 Å². The Morgan fingerprint density at radius 3 is 2.06 bits per heavy atom. The van der Waals surface area contributed by atoms with Crippen LogP contribution in [0, 0.1) is 5.92 Å². The summed E-state index contributed by atoms with van der Waals surface area (Å²) in [6.45, 7) is 8.99. The van der Waals surface area contributed by atoms with Gasteiger partial charge in [-0.3, -0.25) is 9.59 Å². The molecule has 0 saturated carbocycles. The molecule has 100 valence electrons. The van der Waals surface area contributed by atoms with Gasteiger partial charge in [-0.2, -0.15) is 0 Å². The molecule has 0 aliphatic rings. The summed E-state index contributed by atoms with van der Waals surface area (Å²) in [4.78, 5) is 22.6. The highest BCUT2D eigenvalue weighted by Gasteiger charge is 2.21. The lowest BCUT2D eigenvalue weighted by Gasteiger charge is -2.23. The van der Waals surface area contributed by atoms with Gasteiger partial charge in [0.25, 0.3) is 0 Å². The zero-order valence-corrected chi connectivity index (χ0v) is 11.4. The molecule has 0 bridgehead atoms. The minimum Gasteiger partial charge on any atom is -0.354 e. The van der Waals surface area contributed by atoms with Crippen molar-refractivity contribution in [1.82, 2.24) is 10.6 Å². The number of carbonyl (C=O) groups excluding carboxylic acids is 2. The molecule has 0 spiro atoms. The van der Waals surface area contributed by atoms with Gasteiger partial charge in [0.1, 0.15) is 0 Å². The number of nitrogens with one attached hydrogen (secondary N) is 2. The Balaban J connectivity index is 4.14. The predicted octanol–water partition coefficient (Wildman–Crippen LogP) is 0.389. The van der Waals surface area contributed by atoms with Crippen molar-refractivity contribution in [3.8, 4) is 0 Å². The van der Waals surface area contributed by atoms with Crippen LogP contribution in [0.4, 0.5) is 0 Å². The third-order valence-electron chi connectivity index (χ3n) is 2.58. The predicted molar refractivity (Wildman–Crippen MR) is 68.3 cm³/mol. The summed E-state index contributed by atoms with van der Waals surface area (Å²) in [5.41, 5.74) is 5.94. The lowest BCUT2D eigenvalue weighted by atomic mass is 9.97. The van der Waals surface area contributed by atoms with E-state index in [1.807, 2.05) is 27.7 Å². The molecule has 0 heterocycles. The molecule has 0 radical (unpaired) electrons. The van der Waals surface area contributed by atoms with E-state index in [0.29, 0.717) is 6.42 Å². The highest BCUT2D eigenvalue weighted by molar-refractivity contribution is 5.78. The lowest BCUT2D eigenvalue weighted by Crippen LogP contribution is -2.47. The maximum Gasteiger partial charge on any atom is 0.223 e. The van der Waals surface area contributed by atoms with Crippen molar-refractivity contribution >= 4 is 11.8 Å². The minimum absolute atomic E-state index is 0.00507. The van der Waals surface area contributed by atoms with Gasteiger partial charge in [0.2, 0.25) is 11.8 Å². The monoisotopic (exact) mass is 243 g/mol. The Morgan fingerprint density at radius 2 is 1.65 bits per heavy atom. The number of amides is 2. The molecule has 0 aromatic heterocycles. The standard InChI is InChI=1S/C12H25N3O2/c1-7(2)14-12(17)8(3)6-11(13)9(4)15-10(5)16/h7-9,11H,6,13H2,1-5H3,(H,14,17)(H,15,16)/t8-,9+,11+/m1/s1. The van der Waals surface area contributed by atoms with Gasteiger partial charge in [-0.05, 0) is 27.2 Å². The Kier molecular flexibility index (Phi) is 6.80. The van der Waals surface area contributed by atoms with Gasteiger partial charge in [0.15, 0.2) is 0 Å². The van der Waals surface area contributed by atoms with Crippen molar-refractivity contribution in [2.45, 2.75) is 59.2 Å². The molecule has 0 aromatic carbocycles. The van der Waals surface area contributed by atoms with E-state index in [2.05, 4.69) is 10.6 Å². The van der Waals surface area contributed by atoms with Crippen molar-refractivity contribution in [3.63, 3.8) is 0 Å². The van der Waals surface area contributed by atoms with Crippen LogP contribution in [0.25, 0.3) is 0 Å². The second-order valence-electron chi connectivity index (χ2n) is 4.95. The third kappa shape index (κ3) is 6.94. The second-order valence-corrected chi connectivity index (χ2v) is 4.95. The van der Waals surface area contributed by atoms with E-state index in [4.69, 9.17) is 5.73 Å². The van der Waals surface area contributed by atoms with Crippen molar-refractivity contribution in [2.75, 3.05) is 0 Å². The maximum absolute atomic E-state index is 11.7. The number of hydrogen-bond donors (Lipinski definition) is 3. The van der Waals surface area contributed by atoms with E-state index < -0.39 is 0 Å². The SMILES string of the molecule is CC(=O)N[C@@H](C)[C@@H](N)C[C@@H](C)C(=O)NC(C)C. The van der Waals surface area contributed by atoms with Crippen LogP contribution in [-0.4, -0.2) is 29.9 Å². The van der Waals surface area contributed by atoms with E-state index in [1.165, 1.54) is 6.92 Å². The van der Waals surface area contributed by atoms with Crippen molar-refractivity contribution in [2.24, 2.45) is 11.7 Å². The van der Waals surface area contributed by atoms with Crippen molar-refractivity contribution in [1.29, 1.82) is 0 Å². The maximum atomic E-state index is 11.7. The van der Waals surface area contributed by atoms with Crippen molar-refractivity contribution < 1.29 is 9.59 Å². The van der Waals surface area contributed by atoms with E-state index >= 15 is 0 Å². The summed E-state index contributed by atoms with van der Waals surface area (Å²) in [7, 11) is 0. The van der Waals surface area contributed by atoms with Gasteiger partial charge < -0.3 is 16.4 Å². The number of rotatable bonds is 6.